The van der Waals surface area contributed by atoms with Gasteiger partial charge >= 0.3 is 18.5 Å². The summed E-state index contributed by atoms with van der Waals surface area (Å²) in [6.07, 6.45) is -1.91. The predicted molar refractivity (Wildman–Crippen MR) is 321 cm³/mol. The van der Waals surface area contributed by atoms with Gasteiger partial charge in [-0.05, 0) is 94.9 Å². The molecule has 440 valence electrons. The second-order valence-electron chi connectivity index (χ2n) is 20.3. The van der Waals surface area contributed by atoms with Gasteiger partial charge in [0.05, 0.1) is 41.2 Å². The molecule has 21 heteroatoms. The molecule has 2 saturated heterocycles. The number of aromatic nitrogens is 4. The van der Waals surface area contributed by atoms with Crippen LogP contribution in [0.15, 0.2) is 191 Å². The van der Waals surface area contributed by atoms with Crippen LogP contribution in [0.3, 0.4) is 0 Å². The zero-order valence-electron chi connectivity index (χ0n) is 47.7. The summed E-state index contributed by atoms with van der Waals surface area (Å²) in [7, 11) is 4.19. The van der Waals surface area contributed by atoms with Crippen molar-refractivity contribution in [1.82, 2.24) is 19.1 Å². The Labute approximate surface area is 496 Å². The van der Waals surface area contributed by atoms with E-state index in [-0.39, 0.29) is 44.2 Å². The van der Waals surface area contributed by atoms with Crippen LogP contribution >= 0.6 is 7.15 Å². The minimum absolute atomic E-state index is 0.0983. The average Bonchev–Trinajstić information content (AvgIpc) is 2.42. The number of hydrogen-bond acceptors (Lipinski definition) is 16. The predicted octanol–water partition coefficient (Wildman–Crippen LogP) is 9.62. The Morgan fingerprint density at radius 3 is 1.55 bits per heavy atom. The van der Waals surface area contributed by atoms with Crippen LogP contribution in [0.5, 0.6) is 23.0 Å². The molecule has 0 saturated carbocycles. The van der Waals surface area contributed by atoms with Crippen LogP contribution < -0.4 is 41.2 Å². The van der Waals surface area contributed by atoms with Gasteiger partial charge in [-0.2, -0.15) is 4.98 Å². The lowest BCUT2D eigenvalue weighted by molar-refractivity contribution is -0.115. The number of carbonyl (C=O) groups is 1. The molecule has 7 atom stereocenters. The first-order valence-corrected chi connectivity index (χ1v) is 29.8. The first-order chi connectivity index (χ1) is 41.3. The van der Waals surface area contributed by atoms with Crippen molar-refractivity contribution in [2.45, 2.75) is 81.2 Å². The van der Waals surface area contributed by atoms with Gasteiger partial charge in [0.25, 0.3) is 5.56 Å². The lowest BCUT2D eigenvalue weighted by Crippen LogP contribution is -2.41. The van der Waals surface area contributed by atoms with Crippen molar-refractivity contribution in [2.75, 3.05) is 47.0 Å². The Hall–Kier alpha value is -8.17. The van der Waals surface area contributed by atoms with Crippen molar-refractivity contribution in [3.05, 3.63) is 246 Å². The minimum Gasteiger partial charge on any atom is -0.497 e. The van der Waals surface area contributed by atoms with Gasteiger partial charge in [0.2, 0.25) is 17.7 Å². The fourth-order valence-corrected chi connectivity index (χ4v) is 12.1. The number of hydrogen-bond donors (Lipinski definition) is 2. The molecule has 85 heavy (non-hydrogen) atoms. The zero-order chi connectivity index (χ0) is 59.7. The maximum absolute atomic E-state index is 13.8. The Bertz CT molecular complexity index is 3660. The van der Waals surface area contributed by atoms with Crippen LogP contribution in [0, 0.1) is 6.92 Å². The second kappa shape index (κ2) is 26.8. The molecular weight excluding hydrogens is 1130 g/mol. The SMILES string of the molecule is CCC(=O)Nc1ccn([C@H]2C[C@H](O[P+](=S)OC[C@H]3O[C@@H](n4cc(C)c(=O)[nH]c4=O)C[C@@H]3OC(c3ccccc3)(c3ccc(OC)cc3)c3ccc(OC)cc3)[C@@H](COC(c3ccccc3)(c3ccc(OC)cc3)c3ccc(OC)cc3)O2)c(=O)n1. The first-order valence-electron chi connectivity index (χ1n) is 27.6. The molecule has 0 spiro atoms. The topological polar surface area (TPSA) is 211 Å². The molecule has 1 unspecified atom stereocenters. The van der Waals surface area contributed by atoms with Crippen LogP contribution in [-0.2, 0) is 55.8 Å². The van der Waals surface area contributed by atoms with Gasteiger partial charge < -0.3 is 43.2 Å². The van der Waals surface area contributed by atoms with Crippen LogP contribution in [0.25, 0.3) is 0 Å². The van der Waals surface area contributed by atoms with E-state index in [1.807, 2.05) is 158 Å². The standard InChI is InChI=1S/C64H64N5O14PS/c1-7-57(70)65-56-34-35-68(61(72)66-56)58-37-53(54(80-58)39-78-63(42-14-10-8-11-15-42,44-18-26-48(74-3)27-19-44)45-20-28-49(75-4)29-21-45)83-84(85)79-40-55-52(36-59(81-55)69-38-41(2)60(71)67-62(69)73)82-64(43-16-12-9-13-17-43,46-22-30-50(76-5)31-23-46)47-24-32-51(77-6)33-25-47/h8-35,38,52-55,58-59H,7,36-37,39-40H2,1-6H3,(H-,65,66,67,70,71,72,73)/p+1/t52-,53-,54+,55+,58+,59+/m0/s1. The van der Waals surface area contributed by atoms with Crippen molar-refractivity contribution in [1.29, 1.82) is 0 Å². The molecule has 0 bridgehead atoms. The van der Waals surface area contributed by atoms with E-state index < -0.39 is 72.2 Å². The number of benzene rings is 6. The van der Waals surface area contributed by atoms with Crippen molar-refractivity contribution < 1.29 is 51.7 Å². The molecule has 2 aliphatic rings. The fourth-order valence-electron chi connectivity index (χ4n) is 10.8. The van der Waals surface area contributed by atoms with Crippen LogP contribution in [-0.4, -0.2) is 91.1 Å². The normalized spacial score (nSPS) is 18.8. The lowest BCUT2D eigenvalue weighted by Gasteiger charge is -2.39. The largest absolute Gasteiger partial charge is 0.522 e. The number of amides is 1. The quantitative estimate of drug-likeness (QED) is 0.0426. The lowest BCUT2D eigenvalue weighted by atomic mass is 9.79. The van der Waals surface area contributed by atoms with E-state index in [9.17, 15) is 19.2 Å². The molecule has 10 rings (SSSR count). The third kappa shape index (κ3) is 12.9. The number of methoxy groups -OCH3 is 4. The Morgan fingerprint density at radius 1 is 0.624 bits per heavy atom. The summed E-state index contributed by atoms with van der Waals surface area (Å²) < 4.78 is 66.9. The summed E-state index contributed by atoms with van der Waals surface area (Å²) in [5.41, 5.74) is 0.532. The van der Waals surface area contributed by atoms with Crippen LogP contribution in [0.4, 0.5) is 5.82 Å². The van der Waals surface area contributed by atoms with Crippen molar-refractivity contribution in [2.24, 2.45) is 0 Å². The monoisotopic (exact) mass is 1190 g/mol. The van der Waals surface area contributed by atoms with Gasteiger partial charge in [-0.15, -0.1) is 9.05 Å². The van der Waals surface area contributed by atoms with Crippen LogP contribution in [0.1, 0.15) is 77.6 Å². The zero-order valence-corrected chi connectivity index (χ0v) is 49.4. The number of nitrogens with one attached hydrogen (secondary N) is 2. The van der Waals surface area contributed by atoms with Crippen molar-refractivity contribution >= 4 is 30.7 Å². The fraction of sp³-hybridized carbons (Fsp3) is 0.297. The highest BCUT2D eigenvalue weighted by Crippen LogP contribution is 2.48. The third-order valence-electron chi connectivity index (χ3n) is 15.3. The molecule has 2 aromatic heterocycles. The highest BCUT2D eigenvalue weighted by molar-refractivity contribution is 8.00. The molecule has 4 heterocycles. The van der Waals surface area contributed by atoms with E-state index in [4.69, 9.17) is 58.7 Å². The molecule has 2 aliphatic heterocycles. The van der Waals surface area contributed by atoms with Gasteiger partial charge in [-0.3, -0.25) is 23.7 Å². The number of nitrogens with zero attached hydrogens (tertiary/aromatic N) is 3. The highest BCUT2D eigenvalue weighted by Gasteiger charge is 2.49. The summed E-state index contributed by atoms with van der Waals surface area (Å²) in [5, 5.41) is 2.65. The van der Waals surface area contributed by atoms with E-state index >= 15 is 0 Å². The van der Waals surface area contributed by atoms with E-state index in [0.29, 0.717) is 28.6 Å². The Kier molecular flexibility index (Phi) is 18.9. The highest BCUT2D eigenvalue weighted by atomic mass is 32.4. The maximum atomic E-state index is 13.8. The Morgan fingerprint density at radius 2 is 1.07 bits per heavy atom. The molecule has 2 N–H and O–H groups in total. The molecular formula is C64H65N5O14PS+. The average molecular weight is 1190 g/mol. The van der Waals surface area contributed by atoms with E-state index in [0.717, 1.165) is 33.4 Å². The summed E-state index contributed by atoms with van der Waals surface area (Å²) in [4.78, 5) is 59.0. The summed E-state index contributed by atoms with van der Waals surface area (Å²) in [6, 6.07) is 51.6. The van der Waals surface area contributed by atoms with Gasteiger partial charge in [-0.1, -0.05) is 116 Å². The molecule has 0 aliphatic carbocycles. The van der Waals surface area contributed by atoms with E-state index in [2.05, 4.69) is 15.3 Å². The van der Waals surface area contributed by atoms with Gasteiger partial charge in [-0.25, -0.2) is 9.59 Å². The van der Waals surface area contributed by atoms with Crippen molar-refractivity contribution in [3.8, 4) is 23.0 Å². The number of ether oxygens (including phenoxy) is 8. The number of anilines is 1. The van der Waals surface area contributed by atoms with Gasteiger partial charge in [0.1, 0.15) is 77.4 Å². The first kappa shape index (κ1) is 60.0. The third-order valence-corrected chi connectivity index (χ3v) is 16.6. The maximum Gasteiger partial charge on any atom is 0.522 e. The number of aromatic amines is 1. The van der Waals surface area contributed by atoms with Gasteiger partial charge in [0, 0.05) is 37.2 Å². The number of carbonyl (C=O) groups excluding carboxylic acids is 1. The molecule has 1 amide bonds. The number of aryl methyl sites for hydroxylation is 1. The molecule has 19 nitrogen and oxygen atoms in total. The van der Waals surface area contributed by atoms with Gasteiger partial charge in [0.15, 0.2) is 0 Å². The summed E-state index contributed by atoms with van der Waals surface area (Å²) in [6.45, 7) is 3.03. The molecule has 8 aromatic rings. The van der Waals surface area contributed by atoms with Crippen molar-refractivity contribution in [3.63, 3.8) is 0 Å². The summed E-state index contributed by atoms with van der Waals surface area (Å²) in [5.74, 6) is 2.37. The Balaban J connectivity index is 0.998. The summed E-state index contributed by atoms with van der Waals surface area (Å²) >= 11 is 6.11. The van der Waals surface area contributed by atoms with Crippen LogP contribution in [0.2, 0.25) is 0 Å². The van der Waals surface area contributed by atoms with E-state index in [1.165, 1.54) is 27.6 Å². The second-order valence-corrected chi connectivity index (χ2v) is 22.1. The molecule has 0 radical (unpaired) electrons. The smallest absolute Gasteiger partial charge is 0.497 e. The molecule has 2 fully saturated rings. The van der Waals surface area contributed by atoms with E-state index in [1.54, 1.807) is 42.3 Å². The number of H-pyrrole nitrogens is 1. The minimum atomic E-state index is -2.22. The number of rotatable bonds is 24. The molecule has 6 aromatic carbocycles.